The molecule has 1 saturated heterocycles. The van der Waals surface area contributed by atoms with Gasteiger partial charge in [0.2, 0.25) is 0 Å². The van der Waals surface area contributed by atoms with Crippen LogP contribution in [0.1, 0.15) is 23.2 Å². The van der Waals surface area contributed by atoms with E-state index in [0.717, 1.165) is 18.2 Å². The molecule has 1 aliphatic rings. The predicted octanol–water partition coefficient (Wildman–Crippen LogP) is 1.26. The van der Waals surface area contributed by atoms with Crippen molar-refractivity contribution in [1.82, 2.24) is 5.32 Å². The molecule has 92 valence electrons. The number of hydrogen-bond acceptors (Lipinski definition) is 3. The lowest BCUT2D eigenvalue weighted by molar-refractivity contribution is 0.0151. The Bertz CT molecular complexity index is 442. The first-order valence-electron chi connectivity index (χ1n) is 5.46. The van der Waals surface area contributed by atoms with E-state index in [2.05, 4.69) is 5.32 Å². The lowest BCUT2D eigenvalue weighted by atomic mass is 9.84. The predicted molar refractivity (Wildman–Crippen MR) is 57.7 cm³/mol. The molecule has 0 spiro atoms. The summed E-state index contributed by atoms with van der Waals surface area (Å²) in [5.74, 6) is -2.23. The van der Waals surface area contributed by atoms with Gasteiger partial charge in [0, 0.05) is 0 Å². The Balaban J connectivity index is 2.32. The Morgan fingerprint density at radius 3 is 2.59 bits per heavy atom. The maximum absolute atomic E-state index is 13.4. The SMILES string of the molecule is O=C(c1cc(F)ccc1F)C1(O)CCNCC1. The van der Waals surface area contributed by atoms with Gasteiger partial charge in [-0.3, -0.25) is 4.79 Å². The maximum atomic E-state index is 13.4. The molecule has 0 saturated carbocycles. The Kier molecular flexibility index (Phi) is 3.22. The van der Waals surface area contributed by atoms with Crippen LogP contribution in [0.15, 0.2) is 18.2 Å². The Morgan fingerprint density at radius 2 is 1.94 bits per heavy atom. The van der Waals surface area contributed by atoms with Crippen LogP contribution in [0, 0.1) is 11.6 Å². The fourth-order valence-electron chi connectivity index (χ4n) is 1.99. The summed E-state index contributed by atoms with van der Waals surface area (Å²) in [4.78, 5) is 12.0. The molecule has 17 heavy (non-hydrogen) atoms. The average Bonchev–Trinajstić information content (AvgIpc) is 2.32. The van der Waals surface area contributed by atoms with Gasteiger partial charge in [-0.1, -0.05) is 0 Å². The van der Waals surface area contributed by atoms with Gasteiger partial charge < -0.3 is 10.4 Å². The lowest BCUT2D eigenvalue weighted by Crippen LogP contribution is -2.48. The van der Waals surface area contributed by atoms with Gasteiger partial charge in [-0.2, -0.15) is 0 Å². The first kappa shape index (κ1) is 12.1. The molecule has 0 aliphatic carbocycles. The molecule has 2 N–H and O–H groups in total. The molecule has 2 rings (SSSR count). The number of carbonyl (C=O) groups excluding carboxylic acids is 1. The Hall–Kier alpha value is -1.33. The third kappa shape index (κ3) is 2.35. The van der Waals surface area contributed by atoms with E-state index >= 15 is 0 Å². The molecular formula is C12H13F2NO2. The molecule has 3 nitrogen and oxygen atoms in total. The zero-order chi connectivity index (χ0) is 12.5. The minimum Gasteiger partial charge on any atom is -0.382 e. The van der Waals surface area contributed by atoms with Crippen LogP contribution in [-0.2, 0) is 0 Å². The minimum atomic E-state index is -1.58. The van der Waals surface area contributed by atoms with Crippen molar-refractivity contribution in [2.24, 2.45) is 0 Å². The highest BCUT2D eigenvalue weighted by atomic mass is 19.1. The van der Waals surface area contributed by atoms with Crippen molar-refractivity contribution in [3.8, 4) is 0 Å². The molecule has 1 aromatic carbocycles. The zero-order valence-corrected chi connectivity index (χ0v) is 9.17. The number of nitrogens with one attached hydrogen (secondary N) is 1. The summed E-state index contributed by atoms with van der Waals surface area (Å²) in [6.45, 7) is 0.971. The number of carbonyl (C=O) groups is 1. The standard InChI is InChI=1S/C12H13F2NO2/c13-8-1-2-10(14)9(7-8)11(16)12(17)3-5-15-6-4-12/h1-2,7,15,17H,3-6H2. The van der Waals surface area contributed by atoms with Gasteiger partial charge in [-0.15, -0.1) is 0 Å². The van der Waals surface area contributed by atoms with Crippen LogP contribution < -0.4 is 5.32 Å². The number of Topliss-reactive ketones (excluding diaryl/α,β-unsaturated/α-hetero) is 1. The second-order valence-corrected chi connectivity index (χ2v) is 4.23. The van der Waals surface area contributed by atoms with Gasteiger partial charge in [0.15, 0.2) is 5.78 Å². The van der Waals surface area contributed by atoms with Crippen molar-refractivity contribution in [2.75, 3.05) is 13.1 Å². The van der Waals surface area contributed by atoms with E-state index in [0.29, 0.717) is 13.1 Å². The van der Waals surface area contributed by atoms with E-state index in [4.69, 9.17) is 0 Å². The first-order valence-corrected chi connectivity index (χ1v) is 5.46. The van der Waals surface area contributed by atoms with Gasteiger partial charge in [0.25, 0.3) is 0 Å². The third-order valence-electron chi connectivity index (χ3n) is 3.03. The number of ketones is 1. The smallest absolute Gasteiger partial charge is 0.197 e. The van der Waals surface area contributed by atoms with Gasteiger partial charge in [0.1, 0.15) is 17.2 Å². The molecular weight excluding hydrogens is 228 g/mol. The van der Waals surface area contributed by atoms with Crippen molar-refractivity contribution in [2.45, 2.75) is 18.4 Å². The molecule has 1 aliphatic heterocycles. The quantitative estimate of drug-likeness (QED) is 0.766. The molecule has 5 heteroatoms. The zero-order valence-electron chi connectivity index (χ0n) is 9.17. The van der Waals surface area contributed by atoms with Crippen LogP contribution >= 0.6 is 0 Å². The van der Waals surface area contributed by atoms with Gasteiger partial charge in [0.05, 0.1) is 5.56 Å². The van der Waals surface area contributed by atoms with Gasteiger partial charge in [-0.25, -0.2) is 8.78 Å². The van der Waals surface area contributed by atoms with Crippen LogP contribution in [0.5, 0.6) is 0 Å². The van der Waals surface area contributed by atoms with Crippen LogP contribution in [0.2, 0.25) is 0 Å². The summed E-state index contributed by atoms with van der Waals surface area (Å²) in [5, 5.41) is 13.1. The fourth-order valence-corrected chi connectivity index (χ4v) is 1.99. The van der Waals surface area contributed by atoms with Crippen molar-refractivity contribution >= 4 is 5.78 Å². The highest BCUT2D eigenvalue weighted by Crippen LogP contribution is 2.25. The number of hydrogen-bond donors (Lipinski definition) is 2. The second kappa shape index (κ2) is 4.50. The maximum Gasteiger partial charge on any atom is 0.197 e. The number of benzene rings is 1. The van der Waals surface area contributed by atoms with E-state index in [1.165, 1.54) is 0 Å². The van der Waals surface area contributed by atoms with Crippen molar-refractivity contribution in [3.05, 3.63) is 35.4 Å². The van der Waals surface area contributed by atoms with Gasteiger partial charge >= 0.3 is 0 Å². The average molecular weight is 241 g/mol. The Labute approximate surface area is 97.5 Å². The molecule has 0 atom stereocenters. The topological polar surface area (TPSA) is 49.3 Å². The largest absolute Gasteiger partial charge is 0.382 e. The number of aliphatic hydroxyl groups is 1. The fraction of sp³-hybridized carbons (Fsp3) is 0.417. The van der Waals surface area contributed by atoms with Crippen LogP contribution in [0.3, 0.4) is 0 Å². The summed E-state index contributed by atoms with van der Waals surface area (Å²) in [7, 11) is 0. The minimum absolute atomic E-state index is 0.210. The summed E-state index contributed by atoms with van der Waals surface area (Å²) in [6.07, 6.45) is 0.420. The monoisotopic (exact) mass is 241 g/mol. The normalized spacial score (nSPS) is 19.0. The molecule has 0 unspecified atom stereocenters. The summed E-state index contributed by atoms with van der Waals surface area (Å²) < 4.78 is 26.4. The molecule has 1 aromatic rings. The number of piperidine rings is 1. The molecule has 1 fully saturated rings. The summed E-state index contributed by atoms with van der Waals surface area (Å²) >= 11 is 0. The highest BCUT2D eigenvalue weighted by molar-refractivity contribution is 6.02. The lowest BCUT2D eigenvalue weighted by Gasteiger charge is -2.31. The number of halogens is 2. The van der Waals surface area contributed by atoms with E-state index < -0.39 is 23.0 Å². The van der Waals surface area contributed by atoms with E-state index in [9.17, 15) is 18.7 Å². The Morgan fingerprint density at radius 1 is 1.29 bits per heavy atom. The van der Waals surface area contributed by atoms with E-state index in [1.807, 2.05) is 0 Å². The molecule has 0 radical (unpaired) electrons. The van der Waals surface area contributed by atoms with E-state index in [-0.39, 0.29) is 18.4 Å². The molecule has 0 amide bonds. The number of rotatable bonds is 2. The van der Waals surface area contributed by atoms with E-state index in [1.54, 1.807) is 0 Å². The highest BCUT2D eigenvalue weighted by Gasteiger charge is 2.38. The van der Waals surface area contributed by atoms with Crippen LogP contribution in [-0.4, -0.2) is 29.6 Å². The van der Waals surface area contributed by atoms with Crippen LogP contribution in [0.4, 0.5) is 8.78 Å². The van der Waals surface area contributed by atoms with Crippen LogP contribution in [0.25, 0.3) is 0 Å². The first-order chi connectivity index (χ1) is 8.03. The van der Waals surface area contributed by atoms with Crippen molar-refractivity contribution in [1.29, 1.82) is 0 Å². The molecule has 0 aromatic heterocycles. The van der Waals surface area contributed by atoms with Crippen molar-refractivity contribution in [3.63, 3.8) is 0 Å². The summed E-state index contributed by atoms with van der Waals surface area (Å²) in [6, 6.07) is 2.67. The molecule has 1 heterocycles. The second-order valence-electron chi connectivity index (χ2n) is 4.23. The van der Waals surface area contributed by atoms with Gasteiger partial charge in [-0.05, 0) is 44.1 Å². The molecule has 0 bridgehead atoms. The third-order valence-corrected chi connectivity index (χ3v) is 3.03. The summed E-state index contributed by atoms with van der Waals surface area (Å²) in [5.41, 5.74) is -1.96. The van der Waals surface area contributed by atoms with Crippen molar-refractivity contribution < 1.29 is 18.7 Å².